The number of amides is 3. The zero-order chi connectivity index (χ0) is 19.4. The summed E-state index contributed by atoms with van der Waals surface area (Å²) in [5.74, 6) is -1.06. The number of amidine groups is 1. The molecule has 1 N–H and O–H groups in total. The first-order chi connectivity index (χ1) is 13.0. The van der Waals surface area contributed by atoms with Crippen molar-refractivity contribution in [2.75, 3.05) is 27.2 Å². The molecule has 142 valence electrons. The fourth-order valence-corrected chi connectivity index (χ4v) is 3.80. The SMILES string of the molecule is CN1C(=O)C(C#N)C(=[NH+]CC2CCCCN2Cc2ccccc2)N(C)C1=O. The lowest BCUT2D eigenvalue weighted by molar-refractivity contribution is -0.473. The highest BCUT2D eigenvalue weighted by atomic mass is 16.2. The number of hydrogen-bond acceptors (Lipinski definition) is 4. The van der Waals surface area contributed by atoms with Gasteiger partial charge in [-0.05, 0) is 24.9 Å². The summed E-state index contributed by atoms with van der Waals surface area (Å²) in [7, 11) is 3.01. The standard InChI is InChI=1S/C20H25N5O2/c1-23-18(17(12-21)19(26)24(2)20(23)27)22-13-16-10-6-7-11-25(16)14-15-8-4-3-5-9-15/h3-5,8-9,16-17H,6-7,10-11,13-14H2,1-2H3/p+1. The molecular formula is C20H26N5O2+. The predicted octanol–water partition coefficient (Wildman–Crippen LogP) is 0.184. The van der Waals surface area contributed by atoms with Gasteiger partial charge in [0.25, 0.3) is 11.7 Å². The molecule has 2 aliphatic heterocycles. The monoisotopic (exact) mass is 368 g/mol. The number of urea groups is 1. The number of nitrogens with zero attached hydrogens (tertiary/aromatic N) is 4. The molecule has 7 heteroatoms. The van der Waals surface area contributed by atoms with Crippen molar-refractivity contribution >= 4 is 17.8 Å². The van der Waals surface area contributed by atoms with Gasteiger partial charge in [-0.3, -0.25) is 14.7 Å². The molecule has 1 aromatic rings. The molecule has 3 rings (SSSR count). The van der Waals surface area contributed by atoms with E-state index in [1.54, 1.807) is 7.05 Å². The van der Waals surface area contributed by atoms with Crippen molar-refractivity contribution in [2.45, 2.75) is 31.8 Å². The molecule has 0 aromatic heterocycles. The number of nitrogens with one attached hydrogen (secondary N) is 1. The van der Waals surface area contributed by atoms with Gasteiger partial charge in [-0.2, -0.15) is 10.2 Å². The van der Waals surface area contributed by atoms with Gasteiger partial charge >= 0.3 is 6.03 Å². The quantitative estimate of drug-likeness (QED) is 0.822. The molecule has 2 atom stereocenters. The maximum atomic E-state index is 12.3. The predicted molar refractivity (Wildman–Crippen MR) is 100 cm³/mol. The van der Waals surface area contributed by atoms with Crippen LogP contribution in [0.2, 0.25) is 0 Å². The highest BCUT2D eigenvalue weighted by Gasteiger charge is 2.47. The summed E-state index contributed by atoms with van der Waals surface area (Å²) in [5, 5.41) is 9.43. The second-order valence-electron chi connectivity index (χ2n) is 7.17. The number of rotatable bonds is 4. The molecule has 0 radical (unpaired) electrons. The van der Waals surface area contributed by atoms with Crippen LogP contribution in [0.5, 0.6) is 0 Å². The van der Waals surface area contributed by atoms with Crippen molar-refractivity contribution < 1.29 is 14.6 Å². The van der Waals surface area contributed by atoms with Gasteiger partial charge in [-0.1, -0.05) is 36.8 Å². The van der Waals surface area contributed by atoms with Crippen molar-refractivity contribution in [2.24, 2.45) is 5.92 Å². The van der Waals surface area contributed by atoms with Crippen LogP contribution in [-0.2, 0) is 11.3 Å². The molecule has 27 heavy (non-hydrogen) atoms. The van der Waals surface area contributed by atoms with E-state index in [1.807, 2.05) is 24.3 Å². The third kappa shape index (κ3) is 4.01. The van der Waals surface area contributed by atoms with Crippen molar-refractivity contribution in [3.63, 3.8) is 0 Å². The van der Waals surface area contributed by atoms with Crippen LogP contribution in [0.1, 0.15) is 24.8 Å². The van der Waals surface area contributed by atoms with Crippen LogP contribution in [0.3, 0.4) is 0 Å². The van der Waals surface area contributed by atoms with E-state index in [9.17, 15) is 14.9 Å². The number of likely N-dealkylation sites (tertiary alicyclic amines) is 1. The summed E-state index contributed by atoms with van der Waals surface area (Å²) in [5.41, 5.74) is 1.27. The van der Waals surface area contributed by atoms with E-state index in [-0.39, 0.29) is 0 Å². The Morgan fingerprint density at radius 3 is 2.59 bits per heavy atom. The van der Waals surface area contributed by atoms with Gasteiger partial charge in [0.05, 0.1) is 19.7 Å². The first-order valence-electron chi connectivity index (χ1n) is 9.36. The molecule has 3 amide bonds. The average molecular weight is 368 g/mol. The van der Waals surface area contributed by atoms with Gasteiger partial charge in [0.15, 0.2) is 0 Å². The summed E-state index contributed by atoms with van der Waals surface area (Å²) in [4.78, 5) is 32.5. The molecule has 0 bridgehead atoms. The van der Waals surface area contributed by atoms with Crippen LogP contribution in [0, 0.1) is 17.2 Å². The number of nitriles is 1. The highest BCUT2D eigenvalue weighted by molar-refractivity contribution is 6.17. The number of carbonyl (C=O) groups is 2. The normalized spacial score (nSPS) is 25.7. The van der Waals surface area contributed by atoms with Crippen LogP contribution >= 0.6 is 0 Å². The summed E-state index contributed by atoms with van der Waals surface area (Å²) in [6.07, 6.45) is 3.38. The maximum absolute atomic E-state index is 12.3. The van der Waals surface area contributed by atoms with Gasteiger partial charge in [0, 0.05) is 19.6 Å². The Labute approximate surface area is 159 Å². The molecule has 2 fully saturated rings. The zero-order valence-corrected chi connectivity index (χ0v) is 15.9. The van der Waals surface area contributed by atoms with E-state index < -0.39 is 17.9 Å². The van der Waals surface area contributed by atoms with E-state index in [4.69, 9.17) is 0 Å². The van der Waals surface area contributed by atoms with Crippen LogP contribution in [0.4, 0.5) is 4.79 Å². The summed E-state index contributed by atoms with van der Waals surface area (Å²) >= 11 is 0. The third-order valence-electron chi connectivity index (χ3n) is 5.41. The van der Waals surface area contributed by atoms with Gasteiger partial charge in [-0.25, -0.2) is 9.69 Å². The van der Waals surface area contributed by atoms with Crippen LogP contribution < -0.4 is 4.99 Å². The number of piperidine rings is 1. The Hall–Kier alpha value is -2.72. The lowest BCUT2D eigenvalue weighted by atomic mass is 10.0. The first kappa shape index (κ1) is 19.1. The first-order valence-corrected chi connectivity index (χ1v) is 9.36. The van der Waals surface area contributed by atoms with Gasteiger partial charge in [0.2, 0.25) is 5.92 Å². The Kier molecular flexibility index (Phi) is 5.87. The van der Waals surface area contributed by atoms with E-state index in [0.29, 0.717) is 18.4 Å². The largest absolute Gasteiger partial charge is 0.417 e. The van der Waals surface area contributed by atoms with Crippen LogP contribution in [-0.4, -0.2) is 65.7 Å². The molecular weight excluding hydrogens is 342 g/mol. The molecule has 0 aliphatic carbocycles. The fourth-order valence-electron chi connectivity index (χ4n) is 3.80. The lowest BCUT2D eigenvalue weighted by Gasteiger charge is -2.34. The summed E-state index contributed by atoms with van der Waals surface area (Å²) in [6, 6.07) is 12.3. The second kappa shape index (κ2) is 8.31. The minimum Gasteiger partial charge on any atom is -0.292 e. The molecule has 2 aliphatic rings. The van der Waals surface area contributed by atoms with Crippen molar-refractivity contribution in [1.29, 1.82) is 5.26 Å². The molecule has 2 saturated heterocycles. The Morgan fingerprint density at radius 1 is 1.15 bits per heavy atom. The molecule has 2 heterocycles. The highest BCUT2D eigenvalue weighted by Crippen LogP contribution is 2.19. The van der Waals surface area contributed by atoms with Crippen LogP contribution in [0.25, 0.3) is 0 Å². The average Bonchev–Trinajstić information content (AvgIpc) is 2.70. The van der Waals surface area contributed by atoms with Crippen molar-refractivity contribution in [3.05, 3.63) is 35.9 Å². The lowest BCUT2D eigenvalue weighted by Crippen LogP contribution is -2.83. The van der Waals surface area contributed by atoms with E-state index >= 15 is 0 Å². The van der Waals surface area contributed by atoms with Crippen LogP contribution in [0.15, 0.2) is 30.3 Å². The number of benzene rings is 1. The number of carbonyl (C=O) groups excluding carboxylic acids is 2. The molecule has 2 unspecified atom stereocenters. The third-order valence-corrected chi connectivity index (χ3v) is 5.41. The Morgan fingerprint density at radius 2 is 1.89 bits per heavy atom. The topological polar surface area (TPSA) is 81.6 Å². The molecule has 1 aromatic carbocycles. The zero-order valence-electron chi connectivity index (χ0n) is 15.9. The molecule has 0 saturated carbocycles. The summed E-state index contributed by atoms with van der Waals surface area (Å²) < 4.78 is 0. The van der Waals surface area contributed by atoms with Gasteiger partial charge in [-0.15, -0.1) is 0 Å². The fraction of sp³-hybridized carbons (Fsp3) is 0.500. The summed E-state index contributed by atoms with van der Waals surface area (Å²) in [6.45, 7) is 2.50. The van der Waals surface area contributed by atoms with Crippen molar-refractivity contribution in [3.8, 4) is 6.07 Å². The second-order valence-corrected chi connectivity index (χ2v) is 7.17. The van der Waals surface area contributed by atoms with E-state index in [0.717, 1.165) is 30.8 Å². The number of hydrogen-bond donors (Lipinski definition) is 1. The smallest absolute Gasteiger partial charge is 0.292 e. The van der Waals surface area contributed by atoms with E-state index in [2.05, 4.69) is 22.0 Å². The minimum atomic E-state index is -0.969. The Bertz CT molecular complexity index is 770. The molecule has 0 spiro atoms. The molecule has 7 nitrogen and oxygen atoms in total. The maximum Gasteiger partial charge on any atom is 0.417 e. The van der Waals surface area contributed by atoms with Gasteiger partial charge < -0.3 is 0 Å². The minimum absolute atomic E-state index is 0.295. The number of imide groups is 1. The van der Waals surface area contributed by atoms with E-state index in [1.165, 1.54) is 23.9 Å². The Balaban J connectivity index is 1.76. The van der Waals surface area contributed by atoms with Crippen molar-refractivity contribution in [1.82, 2.24) is 14.7 Å². The van der Waals surface area contributed by atoms with Gasteiger partial charge in [0.1, 0.15) is 0 Å².